The van der Waals surface area contributed by atoms with Gasteiger partial charge in [-0.25, -0.2) is 0 Å². The Balaban J connectivity index is 1.96. The number of hydrogen-bond acceptors (Lipinski definition) is 3. The summed E-state index contributed by atoms with van der Waals surface area (Å²) < 4.78 is 0. The zero-order valence-corrected chi connectivity index (χ0v) is 12.6. The fourth-order valence-electron chi connectivity index (χ4n) is 1.85. The van der Waals surface area contributed by atoms with Gasteiger partial charge in [-0.15, -0.1) is 11.8 Å². The SMILES string of the molecule is CC(NC(=O)C1CSCCS1)c1ccccc1Cl. The molecule has 1 aromatic rings. The fraction of sp³-hybridized carbons (Fsp3) is 0.462. The number of halogens is 1. The Morgan fingerprint density at radius 1 is 1.44 bits per heavy atom. The molecule has 1 heterocycles. The van der Waals surface area contributed by atoms with E-state index in [4.69, 9.17) is 11.6 Å². The molecule has 1 fully saturated rings. The van der Waals surface area contributed by atoms with Crippen LogP contribution in [-0.4, -0.2) is 28.4 Å². The van der Waals surface area contributed by atoms with Crippen molar-refractivity contribution >= 4 is 41.0 Å². The highest BCUT2D eigenvalue weighted by atomic mass is 35.5. The van der Waals surface area contributed by atoms with E-state index in [1.807, 2.05) is 43.0 Å². The molecule has 2 unspecified atom stereocenters. The Morgan fingerprint density at radius 3 is 2.89 bits per heavy atom. The first-order valence-electron chi connectivity index (χ1n) is 5.92. The number of carbonyl (C=O) groups is 1. The molecule has 2 atom stereocenters. The van der Waals surface area contributed by atoms with E-state index in [1.165, 1.54) is 0 Å². The van der Waals surface area contributed by atoms with Gasteiger partial charge in [0, 0.05) is 22.3 Å². The van der Waals surface area contributed by atoms with E-state index in [0.717, 1.165) is 22.8 Å². The Morgan fingerprint density at radius 2 is 2.22 bits per heavy atom. The van der Waals surface area contributed by atoms with E-state index >= 15 is 0 Å². The van der Waals surface area contributed by atoms with Crippen molar-refractivity contribution in [1.29, 1.82) is 0 Å². The lowest BCUT2D eigenvalue weighted by molar-refractivity contribution is -0.120. The van der Waals surface area contributed by atoms with Gasteiger partial charge in [0.1, 0.15) is 0 Å². The third kappa shape index (κ3) is 3.59. The Labute approximate surface area is 121 Å². The second kappa shape index (κ2) is 6.73. The molecule has 0 spiro atoms. The quantitative estimate of drug-likeness (QED) is 0.928. The summed E-state index contributed by atoms with van der Waals surface area (Å²) >= 11 is 9.72. The molecule has 5 heteroatoms. The number of rotatable bonds is 3. The molecular formula is C13H16ClNOS2. The molecule has 2 nitrogen and oxygen atoms in total. The summed E-state index contributed by atoms with van der Waals surface area (Å²) in [6.45, 7) is 1.97. The molecule has 1 amide bonds. The first-order valence-corrected chi connectivity index (χ1v) is 8.51. The molecule has 1 aliphatic rings. The molecule has 0 bridgehead atoms. The summed E-state index contributed by atoms with van der Waals surface area (Å²) in [4.78, 5) is 12.1. The van der Waals surface area contributed by atoms with Gasteiger partial charge in [-0.1, -0.05) is 29.8 Å². The molecule has 0 aromatic heterocycles. The highest BCUT2D eigenvalue weighted by Gasteiger charge is 2.23. The summed E-state index contributed by atoms with van der Waals surface area (Å²) in [5.74, 6) is 3.24. The third-order valence-corrected chi connectivity index (χ3v) is 5.94. The van der Waals surface area contributed by atoms with E-state index in [1.54, 1.807) is 11.8 Å². The molecule has 1 aromatic carbocycles. The normalized spacial score (nSPS) is 21.3. The lowest BCUT2D eigenvalue weighted by atomic mass is 10.1. The van der Waals surface area contributed by atoms with E-state index in [0.29, 0.717) is 5.02 Å². The van der Waals surface area contributed by atoms with Gasteiger partial charge in [-0.3, -0.25) is 4.79 Å². The van der Waals surface area contributed by atoms with Crippen LogP contribution >= 0.6 is 35.1 Å². The molecule has 1 N–H and O–H groups in total. The molecule has 1 saturated heterocycles. The molecule has 0 aliphatic carbocycles. The first-order chi connectivity index (χ1) is 8.68. The predicted octanol–water partition coefficient (Wildman–Crippen LogP) is 3.37. The second-order valence-electron chi connectivity index (χ2n) is 4.19. The van der Waals surface area contributed by atoms with Gasteiger partial charge in [0.05, 0.1) is 11.3 Å². The minimum atomic E-state index is -0.0428. The van der Waals surface area contributed by atoms with Gasteiger partial charge in [-0.2, -0.15) is 11.8 Å². The monoisotopic (exact) mass is 301 g/mol. The Kier molecular flexibility index (Phi) is 5.27. The van der Waals surface area contributed by atoms with E-state index in [9.17, 15) is 4.79 Å². The molecule has 98 valence electrons. The topological polar surface area (TPSA) is 29.1 Å². The summed E-state index contributed by atoms with van der Waals surface area (Å²) in [6.07, 6.45) is 0. The fourth-order valence-corrected chi connectivity index (χ4v) is 4.71. The maximum Gasteiger partial charge on any atom is 0.234 e. The van der Waals surface area contributed by atoms with E-state index in [2.05, 4.69) is 5.32 Å². The van der Waals surface area contributed by atoms with Gasteiger partial charge in [0.15, 0.2) is 0 Å². The third-order valence-electron chi connectivity index (χ3n) is 2.84. The first kappa shape index (κ1) is 14.1. The predicted molar refractivity (Wildman–Crippen MR) is 81.6 cm³/mol. The van der Waals surface area contributed by atoms with Crippen LogP contribution in [0.25, 0.3) is 0 Å². The van der Waals surface area contributed by atoms with Crippen LogP contribution in [0.1, 0.15) is 18.5 Å². The van der Waals surface area contributed by atoms with E-state index in [-0.39, 0.29) is 17.2 Å². The maximum atomic E-state index is 12.1. The second-order valence-corrected chi connectivity index (χ2v) is 7.05. The van der Waals surface area contributed by atoms with Crippen LogP contribution < -0.4 is 5.32 Å². The van der Waals surface area contributed by atoms with Crippen LogP contribution in [0.3, 0.4) is 0 Å². The molecule has 0 radical (unpaired) electrons. The van der Waals surface area contributed by atoms with Crippen molar-refractivity contribution in [2.45, 2.75) is 18.2 Å². The van der Waals surface area contributed by atoms with Crippen molar-refractivity contribution < 1.29 is 4.79 Å². The lowest BCUT2D eigenvalue weighted by Gasteiger charge is -2.23. The molecule has 2 rings (SSSR count). The Hall–Kier alpha value is -0.320. The zero-order chi connectivity index (χ0) is 13.0. The average Bonchev–Trinajstić information content (AvgIpc) is 2.40. The van der Waals surface area contributed by atoms with Crippen LogP contribution in [0, 0.1) is 0 Å². The van der Waals surface area contributed by atoms with Crippen molar-refractivity contribution in [2.75, 3.05) is 17.3 Å². The van der Waals surface area contributed by atoms with Crippen molar-refractivity contribution in [3.63, 3.8) is 0 Å². The van der Waals surface area contributed by atoms with Gasteiger partial charge in [0.25, 0.3) is 0 Å². The highest BCUT2D eigenvalue weighted by molar-refractivity contribution is 8.07. The largest absolute Gasteiger partial charge is 0.349 e. The van der Waals surface area contributed by atoms with Gasteiger partial charge in [-0.05, 0) is 18.6 Å². The number of nitrogens with one attached hydrogen (secondary N) is 1. The van der Waals surface area contributed by atoms with Crippen LogP contribution in [0.5, 0.6) is 0 Å². The molecule has 18 heavy (non-hydrogen) atoms. The molecular weight excluding hydrogens is 286 g/mol. The number of amides is 1. The van der Waals surface area contributed by atoms with Crippen LogP contribution in [-0.2, 0) is 4.79 Å². The molecule has 1 aliphatic heterocycles. The standard InChI is InChI=1S/C13H16ClNOS2/c1-9(10-4-2-3-5-11(10)14)15-13(16)12-8-17-6-7-18-12/h2-5,9,12H,6-8H2,1H3,(H,15,16). The number of hydrogen-bond donors (Lipinski definition) is 1. The summed E-state index contributed by atoms with van der Waals surface area (Å²) in [6, 6.07) is 7.60. The smallest absolute Gasteiger partial charge is 0.234 e. The lowest BCUT2D eigenvalue weighted by Crippen LogP contribution is -2.37. The Bertz CT molecular complexity index is 421. The van der Waals surface area contributed by atoms with Gasteiger partial charge < -0.3 is 5.32 Å². The van der Waals surface area contributed by atoms with Crippen molar-refractivity contribution in [1.82, 2.24) is 5.32 Å². The molecule has 0 saturated carbocycles. The van der Waals surface area contributed by atoms with Crippen molar-refractivity contribution in [3.8, 4) is 0 Å². The van der Waals surface area contributed by atoms with Crippen LogP contribution in [0.15, 0.2) is 24.3 Å². The summed E-state index contributed by atoms with van der Waals surface area (Å²) in [5, 5.41) is 3.83. The van der Waals surface area contributed by atoms with Crippen molar-refractivity contribution in [2.24, 2.45) is 0 Å². The summed E-state index contributed by atoms with van der Waals surface area (Å²) in [7, 11) is 0. The zero-order valence-electron chi connectivity index (χ0n) is 10.2. The number of thioether (sulfide) groups is 2. The van der Waals surface area contributed by atoms with Gasteiger partial charge >= 0.3 is 0 Å². The average molecular weight is 302 g/mol. The minimum Gasteiger partial charge on any atom is -0.349 e. The van der Waals surface area contributed by atoms with Gasteiger partial charge in [0.2, 0.25) is 5.91 Å². The maximum absolute atomic E-state index is 12.1. The van der Waals surface area contributed by atoms with Crippen LogP contribution in [0.2, 0.25) is 5.02 Å². The van der Waals surface area contributed by atoms with Crippen molar-refractivity contribution in [3.05, 3.63) is 34.9 Å². The summed E-state index contributed by atoms with van der Waals surface area (Å²) in [5.41, 5.74) is 0.973. The van der Waals surface area contributed by atoms with Crippen LogP contribution in [0.4, 0.5) is 0 Å². The minimum absolute atomic E-state index is 0.0428. The highest BCUT2D eigenvalue weighted by Crippen LogP contribution is 2.26. The van der Waals surface area contributed by atoms with E-state index < -0.39 is 0 Å². The number of benzene rings is 1. The number of carbonyl (C=O) groups excluding carboxylic acids is 1.